The van der Waals surface area contributed by atoms with E-state index in [9.17, 15) is 4.79 Å². The number of carbonyl (C=O) groups is 1. The van der Waals surface area contributed by atoms with Crippen LogP contribution in [0.15, 0.2) is 18.2 Å². The number of fused-ring (bicyclic) bond motifs is 1. The molecule has 0 heterocycles. The molecule has 114 valence electrons. The van der Waals surface area contributed by atoms with Gasteiger partial charge >= 0.3 is 0 Å². The fourth-order valence-electron chi connectivity index (χ4n) is 3.78. The van der Waals surface area contributed by atoms with Gasteiger partial charge in [0.1, 0.15) is 0 Å². The van der Waals surface area contributed by atoms with Crippen LogP contribution in [0.1, 0.15) is 49.9 Å². The number of Topliss-reactive ketones (excluding diaryl/α,β-unsaturated/α-hetero) is 1. The van der Waals surface area contributed by atoms with Crippen molar-refractivity contribution >= 4 is 5.78 Å². The molecule has 1 aromatic rings. The Bertz CT molecular complexity index is 511. The lowest BCUT2D eigenvalue weighted by Crippen LogP contribution is -2.06. The molecule has 21 heavy (non-hydrogen) atoms. The van der Waals surface area contributed by atoms with Gasteiger partial charge < -0.3 is 9.47 Å². The molecule has 3 heteroatoms. The number of hydrogen-bond donors (Lipinski definition) is 0. The fourth-order valence-corrected chi connectivity index (χ4v) is 3.78. The topological polar surface area (TPSA) is 35.5 Å². The summed E-state index contributed by atoms with van der Waals surface area (Å²) in [4.78, 5) is 12.7. The summed E-state index contributed by atoms with van der Waals surface area (Å²) in [5.41, 5.74) is 0.779. The predicted molar refractivity (Wildman–Crippen MR) is 82.0 cm³/mol. The van der Waals surface area contributed by atoms with Crippen LogP contribution < -0.4 is 9.47 Å². The van der Waals surface area contributed by atoms with Crippen LogP contribution in [0.4, 0.5) is 0 Å². The van der Waals surface area contributed by atoms with Crippen molar-refractivity contribution in [2.45, 2.75) is 39.5 Å². The molecule has 0 aromatic heterocycles. The molecule has 0 saturated heterocycles. The first kappa shape index (κ1) is 14.4. The highest BCUT2D eigenvalue weighted by molar-refractivity contribution is 6.00. The van der Waals surface area contributed by atoms with Crippen molar-refractivity contribution in [3.63, 3.8) is 0 Å². The standard InChI is InChI=1S/C18H24O3/c1-3-20-15-10-9-12(11-16(15)21-4-2)18(19)17-13-7-5-6-8-14(13)17/h9-11,13-14,17H,3-8H2,1-2H3. The Morgan fingerprint density at radius 3 is 2.29 bits per heavy atom. The van der Waals surface area contributed by atoms with Crippen LogP contribution in [-0.2, 0) is 0 Å². The van der Waals surface area contributed by atoms with E-state index in [2.05, 4.69) is 0 Å². The lowest BCUT2D eigenvalue weighted by Gasteiger charge is -2.12. The van der Waals surface area contributed by atoms with E-state index in [1.54, 1.807) is 0 Å². The molecule has 3 rings (SSSR count). The van der Waals surface area contributed by atoms with Gasteiger partial charge in [-0.3, -0.25) is 4.79 Å². The van der Waals surface area contributed by atoms with Crippen molar-refractivity contribution in [2.75, 3.05) is 13.2 Å². The van der Waals surface area contributed by atoms with E-state index in [0.717, 1.165) is 11.3 Å². The molecule has 2 saturated carbocycles. The minimum absolute atomic E-state index is 0.264. The van der Waals surface area contributed by atoms with Crippen molar-refractivity contribution in [3.05, 3.63) is 23.8 Å². The molecule has 0 N–H and O–H groups in total. The molecule has 3 nitrogen and oxygen atoms in total. The van der Waals surface area contributed by atoms with Gasteiger partial charge in [0, 0.05) is 11.5 Å². The molecule has 1 aromatic carbocycles. The molecule has 0 amide bonds. The van der Waals surface area contributed by atoms with Gasteiger partial charge in [0.25, 0.3) is 0 Å². The number of ketones is 1. The Morgan fingerprint density at radius 2 is 1.67 bits per heavy atom. The molecule has 0 bridgehead atoms. The number of rotatable bonds is 6. The Kier molecular flexibility index (Phi) is 4.18. The molecule has 2 atom stereocenters. The Morgan fingerprint density at radius 1 is 1.05 bits per heavy atom. The van der Waals surface area contributed by atoms with Crippen LogP contribution in [0.5, 0.6) is 11.5 Å². The van der Waals surface area contributed by atoms with Crippen LogP contribution in [0.25, 0.3) is 0 Å². The maximum absolute atomic E-state index is 12.7. The smallest absolute Gasteiger partial charge is 0.166 e. The monoisotopic (exact) mass is 288 g/mol. The van der Waals surface area contributed by atoms with Gasteiger partial charge in [-0.2, -0.15) is 0 Å². The maximum atomic E-state index is 12.7. The van der Waals surface area contributed by atoms with Gasteiger partial charge in [0.15, 0.2) is 17.3 Å². The third-order valence-electron chi connectivity index (χ3n) is 4.79. The summed E-state index contributed by atoms with van der Waals surface area (Å²) in [5.74, 6) is 3.27. The second-order valence-electron chi connectivity index (χ2n) is 6.03. The van der Waals surface area contributed by atoms with Crippen LogP contribution in [-0.4, -0.2) is 19.0 Å². The molecule has 2 aliphatic carbocycles. The van der Waals surface area contributed by atoms with Gasteiger partial charge in [0.05, 0.1) is 13.2 Å². The van der Waals surface area contributed by atoms with Crippen molar-refractivity contribution < 1.29 is 14.3 Å². The number of hydrogen-bond acceptors (Lipinski definition) is 3. The van der Waals surface area contributed by atoms with E-state index in [-0.39, 0.29) is 5.92 Å². The van der Waals surface area contributed by atoms with E-state index >= 15 is 0 Å². The van der Waals surface area contributed by atoms with E-state index < -0.39 is 0 Å². The van der Waals surface area contributed by atoms with Gasteiger partial charge in [0.2, 0.25) is 0 Å². The summed E-state index contributed by atoms with van der Waals surface area (Å²) in [6.07, 6.45) is 5.05. The van der Waals surface area contributed by atoms with Crippen LogP contribution in [0, 0.1) is 17.8 Å². The molecule has 0 radical (unpaired) electrons. The van der Waals surface area contributed by atoms with E-state index in [1.807, 2.05) is 32.0 Å². The minimum Gasteiger partial charge on any atom is -0.490 e. The molecule has 0 spiro atoms. The van der Waals surface area contributed by atoms with Crippen molar-refractivity contribution in [2.24, 2.45) is 17.8 Å². The number of benzene rings is 1. The van der Waals surface area contributed by atoms with Crippen LogP contribution >= 0.6 is 0 Å². The quantitative estimate of drug-likeness (QED) is 0.739. The third-order valence-corrected chi connectivity index (χ3v) is 4.79. The van der Waals surface area contributed by atoms with Crippen LogP contribution in [0.2, 0.25) is 0 Å². The van der Waals surface area contributed by atoms with Gasteiger partial charge in [-0.05, 0) is 56.7 Å². The summed E-state index contributed by atoms with van der Waals surface area (Å²) in [5, 5.41) is 0. The second kappa shape index (κ2) is 6.08. The SMILES string of the molecule is CCOc1ccc(C(=O)C2C3CCCCC32)cc1OCC. The molecule has 2 fully saturated rings. The van der Waals surface area contributed by atoms with Crippen molar-refractivity contribution in [1.82, 2.24) is 0 Å². The lowest BCUT2D eigenvalue weighted by molar-refractivity contribution is 0.0956. The van der Waals surface area contributed by atoms with Gasteiger partial charge in [-0.25, -0.2) is 0 Å². The lowest BCUT2D eigenvalue weighted by atomic mass is 10.0. The van der Waals surface area contributed by atoms with Crippen molar-refractivity contribution in [1.29, 1.82) is 0 Å². The normalized spacial score (nSPS) is 26.9. The molecule has 2 aliphatic rings. The highest BCUT2D eigenvalue weighted by Crippen LogP contribution is 2.56. The highest BCUT2D eigenvalue weighted by atomic mass is 16.5. The first-order chi connectivity index (χ1) is 10.3. The minimum atomic E-state index is 0.264. The van der Waals surface area contributed by atoms with Crippen molar-refractivity contribution in [3.8, 4) is 11.5 Å². The largest absolute Gasteiger partial charge is 0.490 e. The predicted octanol–water partition coefficient (Wildman–Crippen LogP) is 4.10. The Balaban J connectivity index is 1.78. The average molecular weight is 288 g/mol. The summed E-state index contributed by atoms with van der Waals surface area (Å²) >= 11 is 0. The van der Waals surface area contributed by atoms with E-state index in [1.165, 1.54) is 25.7 Å². The first-order valence-corrected chi connectivity index (χ1v) is 8.20. The fraction of sp³-hybridized carbons (Fsp3) is 0.611. The molecule has 0 aliphatic heterocycles. The third kappa shape index (κ3) is 2.78. The summed E-state index contributed by atoms with van der Waals surface area (Å²) in [6.45, 7) is 5.07. The summed E-state index contributed by atoms with van der Waals surface area (Å²) < 4.78 is 11.2. The van der Waals surface area contributed by atoms with E-state index in [4.69, 9.17) is 9.47 Å². The van der Waals surface area contributed by atoms with Gasteiger partial charge in [-0.15, -0.1) is 0 Å². The average Bonchev–Trinajstić information content (AvgIpc) is 3.23. The maximum Gasteiger partial charge on any atom is 0.166 e. The molecular weight excluding hydrogens is 264 g/mol. The molecule has 2 unspecified atom stereocenters. The second-order valence-corrected chi connectivity index (χ2v) is 6.03. The number of ether oxygens (including phenoxy) is 2. The highest BCUT2D eigenvalue weighted by Gasteiger charge is 2.54. The zero-order valence-electron chi connectivity index (χ0n) is 12.9. The zero-order chi connectivity index (χ0) is 14.8. The van der Waals surface area contributed by atoms with Gasteiger partial charge in [-0.1, -0.05) is 12.8 Å². The van der Waals surface area contributed by atoms with E-state index in [0.29, 0.717) is 36.6 Å². The Labute approximate surface area is 126 Å². The molecular formula is C18H24O3. The summed E-state index contributed by atoms with van der Waals surface area (Å²) in [7, 11) is 0. The van der Waals surface area contributed by atoms with Crippen LogP contribution in [0.3, 0.4) is 0 Å². The number of carbonyl (C=O) groups excluding carboxylic acids is 1. The first-order valence-electron chi connectivity index (χ1n) is 8.20. The summed E-state index contributed by atoms with van der Waals surface area (Å²) in [6, 6.07) is 5.62. The zero-order valence-corrected chi connectivity index (χ0v) is 12.9. The Hall–Kier alpha value is -1.51.